The lowest BCUT2D eigenvalue weighted by Crippen LogP contribution is -2.38. The van der Waals surface area contributed by atoms with Gasteiger partial charge in [0.15, 0.2) is 0 Å². The fourth-order valence-corrected chi connectivity index (χ4v) is 4.45. The second-order valence-corrected chi connectivity index (χ2v) is 8.89. The molecule has 1 aliphatic heterocycles. The molecule has 3 rings (SSSR count). The van der Waals surface area contributed by atoms with Crippen molar-refractivity contribution in [1.82, 2.24) is 18.6 Å². The topological polar surface area (TPSA) is 104 Å². The zero-order valence-corrected chi connectivity index (χ0v) is 16.1. The number of benzene rings is 1. The Bertz CT molecular complexity index is 946. The summed E-state index contributed by atoms with van der Waals surface area (Å²) in [5, 5.41) is 9.37. The van der Waals surface area contributed by atoms with Crippen LogP contribution < -0.4 is 0 Å². The molecular formula is C18H22N4O4S. The molecule has 9 heteroatoms. The van der Waals surface area contributed by atoms with E-state index < -0.39 is 16.2 Å². The minimum absolute atomic E-state index is 0.164. The first kappa shape index (κ1) is 19.4. The van der Waals surface area contributed by atoms with Crippen LogP contribution in [0.2, 0.25) is 0 Å². The molecule has 27 heavy (non-hydrogen) atoms. The van der Waals surface area contributed by atoms with Crippen LogP contribution in [0.25, 0.3) is 11.3 Å². The summed E-state index contributed by atoms with van der Waals surface area (Å²) in [7, 11) is -0.345. The maximum Gasteiger partial charge on any atom is 0.336 e. The molecule has 0 unspecified atom stereocenters. The first-order valence-electron chi connectivity index (χ1n) is 8.60. The Hall–Kier alpha value is -2.36. The van der Waals surface area contributed by atoms with Crippen molar-refractivity contribution >= 4 is 16.2 Å². The predicted molar refractivity (Wildman–Crippen MR) is 100 cm³/mol. The molecule has 1 aromatic carbocycles. The van der Waals surface area contributed by atoms with Gasteiger partial charge < -0.3 is 5.11 Å². The number of hydrogen-bond acceptors (Lipinski definition) is 5. The van der Waals surface area contributed by atoms with Crippen molar-refractivity contribution in [3.05, 3.63) is 47.9 Å². The molecule has 1 fully saturated rings. The molecule has 1 saturated heterocycles. The number of aromatic carboxylic acids is 1. The van der Waals surface area contributed by atoms with E-state index in [0.29, 0.717) is 30.8 Å². The Morgan fingerprint density at radius 1 is 1.30 bits per heavy atom. The third kappa shape index (κ3) is 4.15. The van der Waals surface area contributed by atoms with E-state index in [9.17, 15) is 18.3 Å². The van der Waals surface area contributed by atoms with E-state index in [4.69, 9.17) is 0 Å². The van der Waals surface area contributed by atoms with Gasteiger partial charge in [-0.15, -0.1) is 0 Å². The SMILES string of the molecule is CN(C)S(=O)(=O)N1CC[C@@H](Cc2cc(-c3ccccc3C(=O)O)ncn2)C1. The molecule has 0 spiro atoms. The van der Waals surface area contributed by atoms with Gasteiger partial charge in [-0.05, 0) is 30.9 Å². The van der Waals surface area contributed by atoms with Crippen molar-refractivity contribution < 1.29 is 18.3 Å². The van der Waals surface area contributed by atoms with Gasteiger partial charge in [0.2, 0.25) is 0 Å². The van der Waals surface area contributed by atoms with Crippen LogP contribution >= 0.6 is 0 Å². The molecule has 1 aromatic heterocycles. The van der Waals surface area contributed by atoms with E-state index in [2.05, 4.69) is 9.97 Å². The molecule has 8 nitrogen and oxygen atoms in total. The van der Waals surface area contributed by atoms with Crippen LogP contribution in [0.5, 0.6) is 0 Å². The number of carbonyl (C=O) groups is 1. The number of aromatic nitrogens is 2. The summed E-state index contributed by atoms with van der Waals surface area (Å²) < 4.78 is 27.2. The third-order valence-electron chi connectivity index (χ3n) is 4.69. The van der Waals surface area contributed by atoms with Crippen LogP contribution in [-0.4, -0.2) is 65.3 Å². The molecule has 0 radical (unpaired) electrons. The molecule has 0 aliphatic carbocycles. The fraction of sp³-hybridized carbons (Fsp3) is 0.389. The number of rotatable bonds is 6. The lowest BCUT2D eigenvalue weighted by Gasteiger charge is -2.20. The standard InChI is InChI=1S/C18H22N4O4S/c1-21(2)27(25,26)22-8-7-13(11-22)9-14-10-17(20-12-19-14)15-5-3-4-6-16(15)18(23)24/h3-6,10,12-13H,7-9,11H2,1-2H3,(H,23,24)/t13-/m0/s1. The largest absolute Gasteiger partial charge is 0.478 e. The monoisotopic (exact) mass is 390 g/mol. The first-order chi connectivity index (χ1) is 12.8. The van der Waals surface area contributed by atoms with Crippen molar-refractivity contribution in [3.8, 4) is 11.3 Å². The molecule has 1 N–H and O–H groups in total. The molecule has 144 valence electrons. The zero-order valence-electron chi connectivity index (χ0n) is 15.2. The second-order valence-electron chi connectivity index (χ2n) is 6.75. The number of carboxylic acid groups (broad SMARTS) is 1. The molecule has 1 aliphatic rings. The third-order valence-corrected chi connectivity index (χ3v) is 6.60. The summed E-state index contributed by atoms with van der Waals surface area (Å²) in [5.41, 5.74) is 2.05. The van der Waals surface area contributed by atoms with E-state index in [0.717, 1.165) is 12.1 Å². The van der Waals surface area contributed by atoms with Crippen LogP contribution in [0.3, 0.4) is 0 Å². The average molecular weight is 390 g/mol. The minimum atomic E-state index is -3.40. The van der Waals surface area contributed by atoms with Crippen LogP contribution in [0.15, 0.2) is 36.7 Å². The summed E-state index contributed by atoms with van der Waals surface area (Å²) in [4.78, 5) is 19.9. The highest BCUT2D eigenvalue weighted by Crippen LogP contribution is 2.26. The van der Waals surface area contributed by atoms with Gasteiger partial charge >= 0.3 is 5.97 Å². The Balaban J connectivity index is 1.78. The summed E-state index contributed by atoms with van der Waals surface area (Å²) in [6.45, 7) is 0.941. The van der Waals surface area contributed by atoms with Crippen LogP contribution in [0, 0.1) is 5.92 Å². The molecule has 0 amide bonds. The smallest absolute Gasteiger partial charge is 0.336 e. The predicted octanol–water partition coefficient (Wildman–Crippen LogP) is 1.51. The lowest BCUT2D eigenvalue weighted by atomic mass is 10.00. The Labute approximate surface area is 158 Å². The maximum absolute atomic E-state index is 12.2. The fourth-order valence-electron chi connectivity index (χ4n) is 3.25. The molecule has 0 saturated carbocycles. The summed E-state index contributed by atoms with van der Waals surface area (Å²) in [6.07, 6.45) is 2.80. The second kappa shape index (κ2) is 7.71. The summed E-state index contributed by atoms with van der Waals surface area (Å²) in [5.74, 6) is -0.844. The molecule has 0 bridgehead atoms. The van der Waals surface area contributed by atoms with Crippen molar-refractivity contribution in [2.45, 2.75) is 12.8 Å². The van der Waals surface area contributed by atoms with E-state index >= 15 is 0 Å². The van der Waals surface area contributed by atoms with E-state index in [1.54, 1.807) is 30.3 Å². The van der Waals surface area contributed by atoms with Gasteiger partial charge in [0.25, 0.3) is 10.2 Å². The van der Waals surface area contributed by atoms with Crippen molar-refractivity contribution in [1.29, 1.82) is 0 Å². The van der Waals surface area contributed by atoms with Crippen molar-refractivity contribution in [2.75, 3.05) is 27.2 Å². The van der Waals surface area contributed by atoms with E-state index in [1.807, 2.05) is 0 Å². The van der Waals surface area contributed by atoms with Gasteiger partial charge in [-0.1, -0.05) is 18.2 Å². The zero-order chi connectivity index (χ0) is 19.6. The average Bonchev–Trinajstić information content (AvgIpc) is 3.11. The van der Waals surface area contributed by atoms with E-state index in [-0.39, 0.29) is 11.5 Å². The van der Waals surface area contributed by atoms with Gasteiger partial charge in [-0.3, -0.25) is 0 Å². The highest BCUT2D eigenvalue weighted by molar-refractivity contribution is 7.86. The lowest BCUT2D eigenvalue weighted by molar-refractivity contribution is 0.0697. The highest BCUT2D eigenvalue weighted by atomic mass is 32.2. The minimum Gasteiger partial charge on any atom is -0.478 e. The molecule has 2 heterocycles. The van der Waals surface area contributed by atoms with Gasteiger partial charge in [-0.25, -0.2) is 14.8 Å². The van der Waals surface area contributed by atoms with Crippen LogP contribution in [0.4, 0.5) is 0 Å². The van der Waals surface area contributed by atoms with Crippen LogP contribution in [-0.2, 0) is 16.6 Å². The first-order valence-corrected chi connectivity index (χ1v) is 10.00. The van der Waals surface area contributed by atoms with E-state index in [1.165, 1.54) is 29.0 Å². The molecule has 2 aromatic rings. The van der Waals surface area contributed by atoms with Gasteiger partial charge in [0.05, 0.1) is 11.3 Å². The summed E-state index contributed by atoms with van der Waals surface area (Å²) >= 11 is 0. The molecular weight excluding hydrogens is 368 g/mol. The Kier molecular flexibility index (Phi) is 5.54. The van der Waals surface area contributed by atoms with Gasteiger partial charge in [0, 0.05) is 38.4 Å². The Morgan fingerprint density at radius 2 is 2.04 bits per heavy atom. The number of nitrogens with zero attached hydrogens (tertiary/aromatic N) is 4. The Morgan fingerprint density at radius 3 is 2.74 bits per heavy atom. The number of hydrogen-bond donors (Lipinski definition) is 1. The van der Waals surface area contributed by atoms with Gasteiger partial charge in [0.1, 0.15) is 6.33 Å². The van der Waals surface area contributed by atoms with Crippen LogP contribution in [0.1, 0.15) is 22.5 Å². The van der Waals surface area contributed by atoms with Gasteiger partial charge in [-0.2, -0.15) is 17.0 Å². The van der Waals surface area contributed by atoms with Crippen molar-refractivity contribution in [2.24, 2.45) is 5.92 Å². The van der Waals surface area contributed by atoms with Crippen molar-refractivity contribution in [3.63, 3.8) is 0 Å². The number of carboxylic acids is 1. The normalized spacial score (nSPS) is 18.1. The quantitative estimate of drug-likeness (QED) is 0.802. The highest BCUT2D eigenvalue weighted by Gasteiger charge is 2.32. The molecule has 1 atom stereocenters. The summed E-state index contributed by atoms with van der Waals surface area (Å²) in [6, 6.07) is 8.49. The maximum atomic E-state index is 12.2.